The summed E-state index contributed by atoms with van der Waals surface area (Å²) in [7, 11) is 0. The number of carbonyl (C=O) groups excluding carboxylic acids is 1. The molecule has 2 heterocycles. The number of fused-ring (bicyclic) bond motifs is 2. The minimum atomic E-state index is -0.666. The van der Waals surface area contributed by atoms with E-state index in [2.05, 4.69) is 0 Å². The number of halogens is 2. The summed E-state index contributed by atoms with van der Waals surface area (Å²) in [6.45, 7) is 1.00. The first-order chi connectivity index (χ1) is 12.1. The summed E-state index contributed by atoms with van der Waals surface area (Å²) >= 11 is 12.1. The van der Waals surface area contributed by atoms with Crippen LogP contribution in [0.3, 0.4) is 0 Å². The molecule has 130 valence electrons. The Bertz CT molecular complexity index is 836. The summed E-state index contributed by atoms with van der Waals surface area (Å²) in [4.78, 5) is 12.3. The van der Waals surface area contributed by atoms with Crippen molar-refractivity contribution in [1.82, 2.24) is 0 Å². The van der Waals surface area contributed by atoms with Crippen molar-refractivity contribution >= 4 is 29.2 Å². The molecule has 2 aromatic carbocycles. The van der Waals surface area contributed by atoms with Gasteiger partial charge >= 0.3 is 5.97 Å². The lowest BCUT2D eigenvalue weighted by Gasteiger charge is -2.20. The summed E-state index contributed by atoms with van der Waals surface area (Å²) in [5, 5.41) is 1.05. The van der Waals surface area contributed by atoms with Gasteiger partial charge in [0, 0.05) is 11.4 Å². The molecule has 0 radical (unpaired) electrons. The van der Waals surface area contributed by atoms with E-state index in [1.165, 1.54) is 0 Å². The lowest BCUT2D eigenvalue weighted by molar-refractivity contribution is -0.152. The number of esters is 1. The molecule has 1 atom stereocenters. The van der Waals surface area contributed by atoms with E-state index in [1.807, 2.05) is 0 Å². The van der Waals surface area contributed by atoms with E-state index in [0.717, 1.165) is 11.1 Å². The molecule has 0 saturated carbocycles. The standard InChI is InChI=1S/C18H14Cl2O5/c19-12-1-2-14-11(7-12)8-16(25-14)18(21)24-9-10-5-13(20)17-15(6-10)22-3-4-23-17/h1-2,5-7,16H,3-4,8-9H2/t16-/m1/s1. The van der Waals surface area contributed by atoms with Gasteiger partial charge in [-0.3, -0.25) is 0 Å². The molecule has 25 heavy (non-hydrogen) atoms. The minimum absolute atomic E-state index is 0.0756. The fraction of sp³-hybridized carbons (Fsp3) is 0.278. The molecule has 0 spiro atoms. The van der Waals surface area contributed by atoms with E-state index >= 15 is 0 Å². The highest BCUT2D eigenvalue weighted by molar-refractivity contribution is 6.32. The molecule has 0 unspecified atom stereocenters. The van der Waals surface area contributed by atoms with Crippen LogP contribution in [0, 0.1) is 0 Å². The van der Waals surface area contributed by atoms with Crippen molar-refractivity contribution in [2.45, 2.75) is 19.1 Å². The number of benzene rings is 2. The second-order valence-corrected chi connectivity index (χ2v) is 6.62. The van der Waals surface area contributed by atoms with Gasteiger partial charge in [-0.15, -0.1) is 0 Å². The summed E-state index contributed by atoms with van der Waals surface area (Å²) < 4.78 is 22.0. The highest BCUT2D eigenvalue weighted by atomic mass is 35.5. The van der Waals surface area contributed by atoms with Crippen LogP contribution in [0.25, 0.3) is 0 Å². The second kappa shape index (κ2) is 6.65. The molecule has 0 N–H and O–H groups in total. The number of carbonyl (C=O) groups is 1. The Labute approximate surface area is 154 Å². The lowest BCUT2D eigenvalue weighted by Crippen LogP contribution is -2.27. The van der Waals surface area contributed by atoms with E-state index in [4.69, 9.17) is 42.1 Å². The maximum atomic E-state index is 12.3. The van der Waals surface area contributed by atoms with Gasteiger partial charge in [0.05, 0.1) is 5.02 Å². The predicted molar refractivity (Wildman–Crippen MR) is 91.8 cm³/mol. The molecule has 0 aromatic heterocycles. The molecule has 5 nitrogen and oxygen atoms in total. The summed E-state index contributed by atoms with van der Waals surface area (Å²) in [5.41, 5.74) is 1.62. The van der Waals surface area contributed by atoms with E-state index in [0.29, 0.717) is 46.9 Å². The van der Waals surface area contributed by atoms with Crippen LogP contribution in [0.15, 0.2) is 30.3 Å². The molecule has 2 aliphatic heterocycles. The van der Waals surface area contributed by atoms with Crippen molar-refractivity contribution in [3.05, 3.63) is 51.5 Å². The first kappa shape index (κ1) is 16.4. The Kier molecular flexibility index (Phi) is 4.36. The van der Waals surface area contributed by atoms with E-state index in [-0.39, 0.29) is 6.61 Å². The summed E-state index contributed by atoms with van der Waals surface area (Å²) in [5.74, 6) is 1.31. The molecule has 0 saturated heterocycles. The molecule has 0 fully saturated rings. The molecule has 2 aromatic rings. The predicted octanol–water partition coefficient (Wildman–Crippen LogP) is 3.81. The Morgan fingerprint density at radius 2 is 1.96 bits per heavy atom. The van der Waals surface area contributed by atoms with Crippen LogP contribution < -0.4 is 14.2 Å². The molecule has 0 bridgehead atoms. The van der Waals surface area contributed by atoms with Crippen molar-refractivity contribution in [3.63, 3.8) is 0 Å². The first-order valence-corrected chi connectivity index (χ1v) is 8.55. The molecular weight excluding hydrogens is 367 g/mol. The third-order valence-corrected chi connectivity index (χ3v) is 4.51. The van der Waals surface area contributed by atoms with E-state index < -0.39 is 12.1 Å². The zero-order valence-electron chi connectivity index (χ0n) is 13.1. The van der Waals surface area contributed by atoms with Gasteiger partial charge < -0.3 is 18.9 Å². The average molecular weight is 381 g/mol. The zero-order valence-corrected chi connectivity index (χ0v) is 14.6. The van der Waals surface area contributed by atoms with Gasteiger partial charge in [0.1, 0.15) is 25.6 Å². The fourth-order valence-corrected chi connectivity index (χ4v) is 3.33. The maximum Gasteiger partial charge on any atom is 0.348 e. The number of rotatable bonds is 3. The topological polar surface area (TPSA) is 54.0 Å². The summed E-state index contributed by atoms with van der Waals surface area (Å²) in [6, 6.07) is 8.74. The molecule has 0 amide bonds. The third-order valence-electron chi connectivity index (χ3n) is 4.00. The van der Waals surface area contributed by atoms with Crippen LogP contribution in [-0.2, 0) is 22.6 Å². The van der Waals surface area contributed by atoms with E-state index in [1.54, 1.807) is 30.3 Å². The first-order valence-electron chi connectivity index (χ1n) is 7.80. The number of hydrogen-bond acceptors (Lipinski definition) is 5. The zero-order chi connectivity index (χ0) is 17.4. The van der Waals surface area contributed by atoms with Crippen LogP contribution in [0.2, 0.25) is 10.0 Å². The molecule has 0 aliphatic carbocycles. The van der Waals surface area contributed by atoms with Gasteiger partial charge in [-0.25, -0.2) is 4.79 Å². The molecule has 7 heteroatoms. The van der Waals surface area contributed by atoms with Crippen molar-refractivity contribution in [3.8, 4) is 17.2 Å². The Balaban J connectivity index is 1.41. The van der Waals surface area contributed by atoms with Crippen LogP contribution in [0.1, 0.15) is 11.1 Å². The quantitative estimate of drug-likeness (QED) is 0.757. The van der Waals surface area contributed by atoms with Crippen molar-refractivity contribution in [1.29, 1.82) is 0 Å². The van der Waals surface area contributed by atoms with E-state index in [9.17, 15) is 4.79 Å². The second-order valence-electron chi connectivity index (χ2n) is 5.77. The van der Waals surface area contributed by atoms with Gasteiger partial charge in [0.15, 0.2) is 17.6 Å². The van der Waals surface area contributed by atoms with Crippen molar-refractivity contribution in [2.24, 2.45) is 0 Å². The number of ether oxygens (including phenoxy) is 4. The van der Waals surface area contributed by atoms with Gasteiger partial charge in [-0.2, -0.15) is 0 Å². The SMILES string of the molecule is O=C(OCc1cc(Cl)c2c(c1)OCCO2)[C@H]1Cc2cc(Cl)ccc2O1. The molecule has 2 aliphatic rings. The largest absolute Gasteiger partial charge is 0.486 e. The Morgan fingerprint density at radius 1 is 1.12 bits per heavy atom. The highest BCUT2D eigenvalue weighted by Gasteiger charge is 2.30. The van der Waals surface area contributed by atoms with Crippen LogP contribution in [0.4, 0.5) is 0 Å². The molecule has 4 rings (SSSR count). The monoisotopic (exact) mass is 380 g/mol. The smallest absolute Gasteiger partial charge is 0.348 e. The third kappa shape index (κ3) is 3.34. The Morgan fingerprint density at radius 3 is 2.84 bits per heavy atom. The maximum absolute atomic E-state index is 12.3. The minimum Gasteiger partial charge on any atom is -0.486 e. The molecular formula is C18H14Cl2O5. The highest BCUT2D eigenvalue weighted by Crippen LogP contribution is 2.38. The van der Waals surface area contributed by atoms with Crippen LogP contribution in [0.5, 0.6) is 17.2 Å². The van der Waals surface area contributed by atoms with Crippen LogP contribution in [-0.4, -0.2) is 25.3 Å². The summed E-state index contributed by atoms with van der Waals surface area (Å²) in [6.07, 6.45) is -0.225. The van der Waals surface area contributed by atoms with Crippen molar-refractivity contribution < 1.29 is 23.7 Å². The van der Waals surface area contributed by atoms with Gasteiger partial charge in [0.25, 0.3) is 0 Å². The fourth-order valence-electron chi connectivity index (χ4n) is 2.84. The van der Waals surface area contributed by atoms with Gasteiger partial charge in [0.2, 0.25) is 0 Å². The van der Waals surface area contributed by atoms with Crippen LogP contribution >= 0.6 is 23.2 Å². The van der Waals surface area contributed by atoms with Gasteiger partial charge in [-0.1, -0.05) is 23.2 Å². The lowest BCUT2D eigenvalue weighted by atomic mass is 10.1. The number of hydrogen-bond donors (Lipinski definition) is 0. The van der Waals surface area contributed by atoms with Gasteiger partial charge in [-0.05, 0) is 41.5 Å². The van der Waals surface area contributed by atoms with Crippen molar-refractivity contribution in [2.75, 3.05) is 13.2 Å². The normalized spacial score (nSPS) is 17.6. The average Bonchev–Trinajstić information content (AvgIpc) is 3.03. The Hall–Kier alpha value is -2.11.